The Morgan fingerprint density at radius 2 is 2.05 bits per heavy atom. The molecule has 0 fully saturated rings. The molecule has 0 saturated heterocycles. The van der Waals surface area contributed by atoms with E-state index in [0.717, 1.165) is 5.39 Å². The highest BCUT2D eigenvalue weighted by atomic mass is 32.2. The van der Waals surface area contributed by atoms with E-state index in [2.05, 4.69) is 10.4 Å². The summed E-state index contributed by atoms with van der Waals surface area (Å²) in [4.78, 5) is 23.8. The van der Waals surface area contributed by atoms with Crippen LogP contribution in [0.25, 0.3) is 10.8 Å². The summed E-state index contributed by atoms with van der Waals surface area (Å²) in [5.41, 5.74) is 0.567. The first-order chi connectivity index (χ1) is 9.54. The molecule has 1 amide bonds. The van der Waals surface area contributed by atoms with Crippen molar-refractivity contribution in [2.75, 3.05) is 6.26 Å². The third-order valence-corrected chi connectivity index (χ3v) is 4.11. The van der Waals surface area contributed by atoms with Crippen molar-refractivity contribution in [3.8, 4) is 0 Å². The van der Waals surface area contributed by atoms with E-state index in [0.29, 0.717) is 17.6 Å². The molecular weight excluding hydrogens is 274 g/mol. The summed E-state index contributed by atoms with van der Waals surface area (Å²) in [6.45, 7) is 2.17. The highest BCUT2D eigenvalue weighted by molar-refractivity contribution is 7.99. The van der Waals surface area contributed by atoms with E-state index in [4.69, 9.17) is 0 Å². The number of aryl methyl sites for hydroxylation is 1. The fourth-order valence-electron chi connectivity index (χ4n) is 1.93. The van der Waals surface area contributed by atoms with Crippen LogP contribution in [0.3, 0.4) is 0 Å². The summed E-state index contributed by atoms with van der Waals surface area (Å²) < 4.78 is 1.31. The number of thioether (sulfide) groups is 1. The molecule has 1 N–H and O–H groups in total. The molecule has 2 aromatic rings. The number of hydrogen-bond donors (Lipinski definition) is 1. The third kappa shape index (κ3) is 2.85. The second-order valence-electron chi connectivity index (χ2n) is 4.52. The lowest BCUT2D eigenvalue weighted by molar-refractivity contribution is -0.120. The molecule has 0 radical (unpaired) electrons. The summed E-state index contributed by atoms with van der Waals surface area (Å²) in [6, 6.07) is 7.31. The molecule has 1 heterocycles. The first kappa shape index (κ1) is 14.6. The molecule has 0 saturated carbocycles. The molecule has 0 aliphatic heterocycles. The van der Waals surface area contributed by atoms with Crippen LogP contribution < -0.4 is 10.9 Å². The minimum absolute atomic E-state index is 0.0303. The Morgan fingerprint density at radius 3 is 2.70 bits per heavy atom. The van der Waals surface area contributed by atoms with Crippen LogP contribution in [0.15, 0.2) is 29.1 Å². The van der Waals surface area contributed by atoms with Gasteiger partial charge in [-0.2, -0.15) is 16.9 Å². The summed E-state index contributed by atoms with van der Waals surface area (Å²) in [5.74, 6) is -0.0303. The number of carbonyl (C=O) groups excluding carboxylic acids is 1. The molecule has 6 heteroatoms. The maximum Gasteiger partial charge on any atom is 0.274 e. The van der Waals surface area contributed by atoms with Gasteiger partial charge in [-0.15, -0.1) is 0 Å². The highest BCUT2D eigenvalue weighted by Gasteiger charge is 2.13. The van der Waals surface area contributed by atoms with E-state index >= 15 is 0 Å². The van der Waals surface area contributed by atoms with E-state index in [-0.39, 0.29) is 16.7 Å². The number of carbonyl (C=O) groups is 1. The standard InChI is InChI=1S/C14H17N3O2S/c1-9(20-3)13(18)15-8-12-10-6-4-5-7-11(10)14(19)17(2)16-12/h4-7,9H,8H2,1-3H3,(H,15,18). The van der Waals surface area contributed by atoms with Crippen molar-refractivity contribution in [1.82, 2.24) is 15.1 Å². The van der Waals surface area contributed by atoms with E-state index in [1.165, 1.54) is 16.4 Å². The number of rotatable bonds is 4. The van der Waals surface area contributed by atoms with Crippen molar-refractivity contribution < 1.29 is 4.79 Å². The summed E-state index contributed by atoms with van der Waals surface area (Å²) in [6.07, 6.45) is 1.89. The van der Waals surface area contributed by atoms with Crippen LogP contribution in [0.5, 0.6) is 0 Å². The molecule has 1 aromatic heterocycles. The number of nitrogens with one attached hydrogen (secondary N) is 1. The minimum Gasteiger partial charge on any atom is -0.349 e. The molecule has 2 rings (SSSR count). The number of fused-ring (bicyclic) bond motifs is 1. The van der Waals surface area contributed by atoms with Crippen LogP contribution >= 0.6 is 11.8 Å². The number of benzene rings is 1. The minimum atomic E-state index is -0.131. The second-order valence-corrected chi connectivity index (χ2v) is 5.70. The fourth-order valence-corrected chi connectivity index (χ4v) is 2.23. The molecule has 106 valence electrons. The molecule has 0 spiro atoms. The Balaban J connectivity index is 2.33. The topological polar surface area (TPSA) is 64.0 Å². The van der Waals surface area contributed by atoms with Gasteiger partial charge in [0, 0.05) is 12.4 Å². The molecule has 0 aliphatic rings. The van der Waals surface area contributed by atoms with Gasteiger partial charge < -0.3 is 5.32 Å². The normalized spacial score (nSPS) is 12.3. The maximum absolute atomic E-state index is 12.0. The Kier molecular flexibility index (Phi) is 4.44. The van der Waals surface area contributed by atoms with Crippen LogP contribution in [0.1, 0.15) is 12.6 Å². The Morgan fingerprint density at radius 1 is 1.40 bits per heavy atom. The van der Waals surface area contributed by atoms with E-state index in [1.807, 2.05) is 31.4 Å². The van der Waals surface area contributed by atoms with Gasteiger partial charge in [0.25, 0.3) is 5.56 Å². The SMILES string of the molecule is CSC(C)C(=O)NCc1nn(C)c(=O)c2ccccc12. The van der Waals surface area contributed by atoms with Crippen molar-refractivity contribution in [2.45, 2.75) is 18.7 Å². The lowest BCUT2D eigenvalue weighted by Crippen LogP contribution is -2.32. The maximum atomic E-state index is 12.0. The van der Waals surface area contributed by atoms with E-state index in [9.17, 15) is 9.59 Å². The fraction of sp³-hybridized carbons (Fsp3) is 0.357. The van der Waals surface area contributed by atoms with Crippen molar-refractivity contribution in [1.29, 1.82) is 0 Å². The number of hydrogen-bond acceptors (Lipinski definition) is 4. The van der Waals surface area contributed by atoms with Crippen molar-refractivity contribution >= 4 is 28.4 Å². The van der Waals surface area contributed by atoms with Gasteiger partial charge in [-0.05, 0) is 19.2 Å². The summed E-state index contributed by atoms with van der Waals surface area (Å²) in [5, 5.41) is 8.39. The molecule has 20 heavy (non-hydrogen) atoms. The van der Waals surface area contributed by atoms with E-state index in [1.54, 1.807) is 13.1 Å². The molecule has 0 bridgehead atoms. The first-order valence-corrected chi connectivity index (χ1v) is 7.59. The molecule has 5 nitrogen and oxygen atoms in total. The zero-order valence-electron chi connectivity index (χ0n) is 11.7. The largest absolute Gasteiger partial charge is 0.349 e. The van der Waals surface area contributed by atoms with Crippen LogP contribution in [0.4, 0.5) is 0 Å². The number of nitrogens with zero attached hydrogens (tertiary/aromatic N) is 2. The zero-order valence-corrected chi connectivity index (χ0v) is 12.5. The molecular formula is C14H17N3O2S. The quantitative estimate of drug-likeness (QED) is 0.922. The molecule has 1 atom stereocenters. The van der Waals surface area contributed by atoms with Gasteiger partial charge in [-0.25, -0.2) is 4.68 Å². The molecule has 0 aliphatic carbocycles. The monoisotopic (exact) mass is 291 g/mol. The predicted octanol–water partition coefficient (Wildman–Crippen LogP) is 1.30. The number of amides is 1. The smallest absolute Gasteiger partial charge is 0.274 e. The van der Waals surface area contributed by atoms with Crippen LogP contribution in [0, 0.1) is 0 Å². The zero-order chi connectivity index (χ0) is 14.7. The summed E-state index contributed by atoms with van der Waals surface area (Å²) in [7, 11) is 1.62. The Bertz CT molecular complexity index is 696. The lowest BCUT2D eigenvalue weighted by atomic mass is 10.1. The van der Waals surface area contributed by atoms with Crippen LogP contribution in [-0.2, 0) is 18.4 Å². The average molecular weight is 291 g/mol. The van der Waals surface area contributed by atoms with Gasteiger partial charge >= 0.3 is 0 Å². The van der Waals surface area contributed by atoms with Gasteiger partial charge in [0.2, 0.25) is 5.91 Å². The molecule has 1 unspecified atom stereocenters. The first-order valence-electron chi connectivity index (χ1n) is 6.30. The van der Waals surface area contributed by atoms with Crippen molar-refractivity contribution in [2.24, 2.45) is 7.05 Å². The van der Waals surface area contributed by atoms with Gasteiger partial charge in [-0.3, -0.25) is 9.59 Å². The highest BCUT2D eigenvalue weighted by Crippen LogP contribution is 2.13. The Hall–Kier alpha value is -1.82. The summed E-state index contributed by atoms with van der Waals surface area (Å²) >= 11 is 1.49. The van der Waals surface area contributed by atoms with Gasteiger partial charge in [-0.1, -0.05) is 18.2 Å². The van der Waals surface area contributed by atoms with Crippen molar-refractivity contribution in [3.05, 3.63) is 40.3 Å². The predicted molar refractivity (Wildman–Crippen MR) is 81.8 cm³/mol. The van der Waals surface area contributed by atoms with Gasteiger partial charge in [0.05, 0.1) is 22.9 Å². The van der Waals surface area contributed by atoms with Crippen LogP contribution in [0.2, 0.25) is 0 Å². The van der Waals surface area contributed by atoms with Crippen LogP contribution in [-0.4, -0.2) is 27.2 Å². The van der Waals surface area contributed by atoms with Gasteiger partial charge in [0.1, 0.15) is 0 Å². The molecule has 1 aromatic carbocycles. The lowest BCUT2D eigenvalue weighted by Gasteiger charge is -2.11. The van der Waals surface area contributed by atoms with Crippen molar-refractivity contribution in [3.63, 3.8) is 0 Å². The number of aromatic nitrogens is 2. The Labute approximate surface area is 121 Å². The second kappa shape index (κ2) is 6.09. The van der Waals surface area contributed by atoms with E-state index < -0.39 is 0 Å². The third-order valence-electron chi connectivity index (χ3n) is 3.19. The van der Waals surface area contributed by atoms with Gasteiger partial charge in [0.15, 0.2) is 0 Å². The average Bonchev–Trinajstić information content (AvgIpc) is 2.48.